The zero-order valence-electron chi connectivity index (χ0n) is 16.6. The number of allylic oxidation sites excluding steroid dienone is 2. The predicted octanol–water partition coefficient (Wildman–Crippen LogP) is 2.97. The van der Waals surface area contributed by atoms with Gasteiger partial charge in [0.2, 0.25) is 0 Å². The van der Waals surface area contributed by atoms with E-state index >= 15 is 0 Å². The first kappa shape index (κ1) is 20.4. The Balaban J connectivity index is 1.96. The number of aldehydes is 1. The van der Waals surface area contributed by atoms with Crippen LogP contribution in [0.3, 0.4) is 0 Å². The van der Waals surface area contributed by atoms with E-state index in [0.29, 0.717) is 17.0 Å². The number of ether oxygens (including phenoxy) is 1. The molecule has 0 amide bonds. The van der Waals surface area contributed by atoms with Gasteiger partial charge >= 0.3 is 0 Å². The lowest BCUT2D eigenvalue weighted by atomic mass is 10.1. The normalized spacial score (nSPS) is 16.3. The first-order valence-electron chi connectivity index (χ1n) is 8.97. The number of likely N-dealkylation sites (N-methyl/N-ethyl adjacent to an activating group) is 1. The maximum Gasteiger partial charge on any atom is 0.261 e. The fourth-order valence-electron chi connectivity index (χ4n) is 3.19. The van der Waals surface area contributed by atoms with E-state index in [4.69, 9.17) is 4.74 Å². The van der Waals surface area contributed by atoms with Crippen LogP contribution in [-0.4, -0.2) is 33.8 Å². The fourth-order valence-corrected chi connectivity index (χ4v) is 3.19. The number of nitrogens with zero attached hydrogens (tertiary/aromatic N) is 3. The van der Waals surface area contributed by atoms with Crippen molar-refractivity contribution >= 4 is 12.0 Å². The van der Waals surface area contributed by atoms with E-state index in [1.165, 1.54) is 4.57 Å². The Morgan fingerprint density at radius 2 is 1.97 bits per heavy atom. The average Bonchev–Trinajstić information content (AvgIpc) is 2.66. The third-order valence-electron chi connectivity index (χ3n) is 4.82. The zero-order valence-corrected chi connectivity index (χ0v) is 16.6. The molecule has 3 rings (SSSR count). The maximum absolute atomic E-state index is 13.8. The Labute approximate surface area is 166 Å². The molecule has 152 valence electrons. The van der Waals surface area contributed by atoms with Crippen molar-refractivity contribution in [3.63, 3.8) is 0 Å². The summed E-state index contributed by atoms with van der Waals surface area (Å²) in [6.45, 7) is 4.97. The lowest BCUT2D eigenvalue weighted by Crippen LogP contribution is -2.33. The van der Waals surface area contributed by atoms with Crippen LogP contribution in [0.1, 0.15) is 23.9 Å². The van der Waals surface area contributed by atoms with Gasteiger partial charge in [0.15, 0.2) is 5.82 Å². The lowest BCUT2D eigenvalue weighted by Gasteiger charge is -2.28. The van der Waals surface area contributed by atoms with Gasteiger partial charge < -0.3 is 14.4 Å². The summed E-state index contributed by atoms with van der Waals surface area (Å²) in [5.41, 5.74) is 2.02. The number of carbonyl (C=O) groups excluding carboxylic acids is 1. The van der Waals surface area contributed by atoms with E-state index in [2.05, 4.69) is 4.98 Å². The summed E-state index contributed by atoms with van der Waals surface area (Å²) in [7, 11) is 1.79. The molecule has 0 saturated carbocycles. The van der Waals surface area contributed by atoms with Crippen molar-refractivity contribution in [2.45, 2.75) is 33.4 Å². The number of aryl methyl sites for hydroxylation is 1. The average molecular weight is 401 g/mol. The highest BCUT2D eigenvalue weighted by molar-refractivity contribution is 5.74. The van der Waals surface area contributed by atoms with Crippen LogP contribution in [0.4, 0.5) is 8.78 Å². The van der Waals surface area contributed by atoms with E-state index in [1.807, 2.05) is 13.1 Å². The van der Waals surface area contributed by atoms with E-state index in [-0.39, 0.29) is 23.6 Å². The first-order chi connectivity index (χ1) is 13.7. The van der Waals surface area contributed by atoms with E-state index in [1.54, 1.807) is 37.9 Å². The van der Waals surface area contributed by atoms with E-state index in [9.17, 15) is 18.4 Å². The Kier molecular flexibility index (Phi) is 5.63. The molecule has 29 heavy (non-hydrogen) atoms. The molecule has 2 aromatic heterocycles. The quantitative estimate of drug-likeness (QED) is 0.721. The van der Waals surface area contributed by atoms with Gasteiger partial charge in [-0.2, -0.15) is 0 Å². The standard InChI is InChI=1S/C21H21F2N3O3/c1-12-9-25(4)16(10-27)7-19(12)26-13(2)5-20(14(3)21(26)28)29-11-18-17(23)6-15(22)8-24-18/h5-10,16H,11H2,1-4H3/t16-/m1/s1. The molecule has 0 aliphatic carbocycles. The topological polar surface area (TPSA) is 64.4 Å². The van der Waals surface area contributed by atoms with Crippen LogP contribution in [0, 0.1) is 25.5 Å². The summed E-state index contributed by atoms with van der Waals surface area (Å²) >= 11 is 0. The molecule has 1 atom stereocenters. The SMILES string of the molecule is CC1=CN(C)[C@@H](C=O)C=C1n1c(C)cc(OCc2ncc(F)cc2F)c(C)c1=O. The largest absolute Gasteiger partial charge is 0.487 e. The summed E-state index contributed by atoms with van der Waals surface area (Å²) in [6.07, 6.45) is 5.25. The van der Waals surface area contributed by atoms with Crippen molar-refractivity contribution in [2.24, 2.45) is 0 Å². The minimum absolute atomic E-state index is 0.0572. The number of pyridine rings is 2. The molecule has 0 N–H and O–H groups in total. The molecule has 0 saturated heterocycles. The van der Waals surface area contributed by atoms with Gasteiger partial charge in [0, 0.05) is 31.1 Å². The molecule has 0 unspecified atom stereocenters. The Morgan fingerprint density at radius 1 is 1.24 bits per heavy atom. The van der Waals surface area contributed by atoms with Gasteiger partial charge in [0.25, 0.3) is 5.56 Å². The van der Waals surface area contributed by atoms with Crippen LogP contribution in [0.25, 0.3) is 5.70 Å². The van der Waals surface area contributed by atoms with Gasteiger partial charge in [-0.1, -0.05) is 0 Å². The Bertz CT molecular complexity index is 1090. The second-order valence-corrected chi connectivity index (χ2v) is 6.94. The molecule has 1 aliphatic heterocycles. The third-order valence-corrected chi connectivity index (χ3v) is 4.82. The molecule has 2 aromatic rings. The first-order valence-corrected chi connectivity index (χ1v) is 8.97. The van der Waals surface area contributed by atoms with Gasteiger partial charge in [-0.3, -0.25) is 14.3 Å². The fraction of sp³-hybridized carbons (Fsp3) is 0.286. The number of hydrogen-bond donors (Lipinski definition) is 0. The van der Waals surface area contributed by atoms with Crippen LogP contribution in [-0.2, 0) is 11.4 Å². The molecular formula is C21H21F2N3O3. The highest BCUT2D eigenvalue weighted by Gasteiger charge is 2.21. The molecule has 0 radical (unpaired) electrons. The van der Waals surface area contributed by atoms with Crippen LogP contribution in [0.2, 0.25) is 0 Å². The van der Waals surface area contributed by atoms with Crippen LogP contribution >= 0.6 is 0 Å². The highest BCUT2D eigenvalue weighted by Crippen LogP contribution is 2.26. The van der Waals surface area contributed by atoms with Crippen LogP contribution in [0.15, 0.2) is 41.0 Å². The zero-order chi connectivity index (χ0) is 21.3. The minimum atomic E-state index is -0.815. The summed E-state index contributed by atoms with van der Waals surface area (Å²) < 4.78 is 33.9. The number of halogens is 2. The van der Waals surface area contributed by atoms with Gasteiger partial charge in [-0.25, -0.2) is 8.78 Å². The second kappa shape index (κ2) is 7.98. The maximum atomic E-state index is 13.8. The van der Waals surface area contributed by atoms with Gasteiger partial charge in [-0.05, 0) is 32.4 Å². The Morgan fingerprint density at radius 3 is 2.62 bits per heavy atom. The number of rotatable bonds is 5. The van der Waals surface area contributed by atoms with Crippen LogP contribution < -0.4 is 10.3 Å². The molecule has 6 nitrogen and oxygen atoms in total. The molecule has 3 heterocycles. The molecular weight excluding hydrogens is 380 g/mol. The third kappa shape index (κ3) is 3.96. The van der Waals surface area contributed by atoms with Crippen LogP contribution in [0.5, 0.6) is 5.75 Å². The lowest BCUT2D eigenvalue weighted by molar-refractivity contribution is -0.110. The predicted molar refractivity (Wildman–Crippen MR) is 104 cm³/mol. The summed E-state index contributed by atoms with van der Waals surface area (Å²) in [6, 6.07) is 1.93. The van der Waals surface area contributed by atoms with Gasteiger partial charge in [-0.15, -0.1) is 0 Å². The molecule has 0 aromatic carbocycles. The molecule has 1 aliphatic rings. The van der Waals surface area contributed by atoms with Crippen molar-refractivity contribution in [2.75, 3.05) is 7.05 Å². The minimum Gasteiger partial charge on any atom is -0.487 e. The van der Waals surface area contributed by atoms with E-state index < -0.39 is 17.7 Å². The van der Waals surface area contributed by atoms with Gasteiger partial charge in [0.1, 0.15) is 36.2 Å². The smallest absolute Gasteiger partial charge is 0.261 e. The summed E-state index contributed by atoms with van der Waals surface area (Å²) in [5, 5.41) is 0. The number of carbonyl (C=O) groups is 1. The molecule has 0 fully saturated rings. The molecule has 0 bridgehead atoms. The van der Waals surface area contributed by atoms with Crippen molar-refractivity contribution in [1.29, 1.82) is 0 Å². The highest BCUT2D eigenvalue weighted by atomic mass is 19.1. The summed E-state index contributed by atoms with van der Waals surface area (Å²) in [5.74, 6) is -1.30. The number of aromatic nitrogens is 2. The van der Waals surface area contributed by atoms with Crippen molar-refractivity contribution in [3.05, 3.63) is 75.1 Å². The molecule has 0 spiro atoms. The van der Waals surface area contributed by atoms with Crippen molar-refractivity contribution in [3.8, 4) is 5.75 Å². The van der Waals surface area contributed by atoms with Gasteiger partial charge in [0.05, 0.1) is 17.5 Å². The van der Waals surface area contributed by atoms with Crippen molar-refractivity contribution in [1.82, 2.24) is 14.5 Å². The molecule has 8 heteroatoms. The number of hydrogen-bond acceptors (Lipinski definition) is 5. The Hall–Kier alpha value is -3.29. The van der Waals surface area contributed by atoms with Crippen molar-refractivity contribution < 1.29 is 18.3 Å². The van der Waals surface area contributed by atoms with E-state index in [0.717, 1.165) is 24.1 Å². The second-order valence-electron chi connectivity index (χ2n) is 6.94. The monoisotopic (exact) mass is 401 g/mol. The summed E-state index contributed by atoms with van der Waals surface area (Å²) in [4.78, 5) is 29.8.